The lowest BCUT2D eigenvalue weighted by molar-refractivity contribution is 0.523. The van der Waals surface area contributed by atoms with E-state index in [0.29, 0.717) is 10.5 Å². The zero-order chi connectivity index (χ0) is 14.7. The molecule has 1 aliphatic heterocycles. The Morgan fingerprint density at radius 1 is 1.19 bits per heavy atom. The molecule has 1 fully saturated rings. The Morgan fingerprint density at radius 2 is 2.00 bits per heavy atom. The monoisotopic (exact) mass is 349 g/mol. The molecule has 0 amide bonds. The first-order chi connectivity index (χ1) is 10.2. The summed E-state index contributed by atoms with van der Waals surface area (Å²) in [6, 6.07) is 11.5. The summed E-state index contributed by atoms with van der Waals surface area (Å²) in [7, 11) is 0. The van der Waals surface area contributed by atoms with Gasteiger partial charge in [0.2, 0.25) is 0 Å². The number of hydrogen-bond acceptors (Lipinski definition) is 3. The zero-order valence-electron chi connectivity index (χ0n) is 11.6. The Bertz CT molecular complexity index is 598. The van der Waals surface area contributed by atoms with Gasteiger partial charge in [0.05, 0.1) is 4.47 Å². The van der Waals surface area contributed by atoms with Gasteiger partial charge in [-0.1, -0.05) is 6.07 Å². The number of nitrogens with one attached hydrogen (secondary N) is 1. The molecule has 110 valence electrons. The van der Waals surface area contributed by atoms with Crippen molar-refractivity contribution < 1.29 is 4.39 Å². The number of halogens is 2. The highest BCUT2D eigenvalue weighted by Crippen LogP contribution is 2.23. The number of rotatable bonds is 3. The minimum absolute atomic E-state index is 0.231. The van der Waals surface area contributed by atoms with Crippen molar-refractivity contribution in [3.05, 3.63) is 52.9 Å². The number of nitrogens with zero attached hydrogens (tertiary/aromatic N) is 2. The molecule has 1 saturated heterocycles. The van der Waals surface area contributed by atoms with E-state index in [0.717, 1.165) is 37.4 Å². The average Bonchev–Trinajstić information content (AvgIpc) is 2.53. The van der Waals surface area contributed by atoms with Gasteiger partial charge in [0.15, 0.2) is 0 Å². The van der Waals surface area contributed by atoms with Crippen molar-refractivity contribution in [3.63, 3.8) is 0 Å². The maximum Gasteiger partial charge on any atom is 0.137 e. The van der Waals surface area contributed by atoms with Crippen molar-refractivity contribution >= 4 is 27.4 Å². The van der Waals surface area contributed by atoms with Crippen LogP contribution in [0.1, 0.15) is 12.8 Å². The molecule has 0 atom stereocenters. The Morgan fingerprint density at radius 3 is 2.67 bits per heavy atom. The van der Waals surface area contributed by atoms with E-state index in [-0.39, 0.29) is 5.82 Å². The molecule has 0 unspecified atom stereocenters. The quantitative estimate of drug-likeness (QED) is 0.905. The Balaban J connectivity index is 1.57. The molecular weight excluding hydrogens is 333 g/mol. The number of pyridine rings is 1. The van der Waals surface area contributed by atoms with Gasteiger partial charge in [-0.25, -0.2) is 9.37 Å². The molecule has 1 aromatic carbocycles. The van der Waals surface area contributed by atoms with Gasteiger partial charge in [0.1, 0.15) is 11.6 Å². The molecule has 3 rings (SSSR count). The van der Waals surface area contributed by atoms with Gasteiger partial charge in [-0.05, 0) is 59.1 Å². The molecule has 1 aliphatic rings. The first kappa shape index (κ1) is 14.3. The highest BCUT2D eigenvalue weighted by molar-refractivity contribution is 9.10. The number of anilines is 2. The van der Waals surface area contributed by atoms with Gasteiger partial charge in [-0.3, -0.25) is 0 Å². The molecule has 1 aromatic heterocycles. The molecule has 2 heterocycles. The van der Waals surface area contributed by atoms with Crippen LogP contribution in [0.25, 0.3) is 0 Å². The minimum Gasteiger partial charge on any atom is -0.382 e. The van der Waals surface area contributed by atoms with E-state index in [1.54, 1.807) is 12.1 Å². The molecule has 3 nitrogen and oxygen atoms in total. The van der Waals surface area contributed by atoms with Crippen molar-refractivity contribution in [2.24, 2.45) is 0 Å². The maximum absolute atomic E-state index is 13.2. The molecule has 0 aliphatic carbocycles. The third-order valence-corrected chi connectivity index (χ3v) is 4.37. The van der Waals surface area contributed by atoms with Crippen LogP contribution in [0.5, 0.6) is 0 Å². The van der Waals surface area contributed by atoms with E-state index in [4.69, 9.17) is 0 Å². The normalized spacial score (nSPS) is 16.0. The molecule has 5 heteroatoms. The van der Waals surface area contributed by atoms with Gasteiger partial charge in [0.25, 0.3) is 0 Å². The second-order valence-corrected chi connectivity index (χ2v) is 6.08. The van der Waals surface area contributed by atoms with Gasteiger partial charge >= 0.3 is 0 Å². The lowest BCUT2D eigenvalue weighted by Crippen LogP contribution is -2.39. The predicted octanol–water partition coefficient (Wildman–Crippen LogP) is 4.06. The second kappa shape index (κ2) is 6.43. The summed E-state index contributed by atoms with van der Waals surface area (Å²) in [5.41, 5.74) is 0.958. The van der Waals surface area contributed by atoms with Crippen molar-refractivity contribution in [2.75, 3.05) is 23.3 Å². The van der Waals surface area contributed by atoms with E-state index < -0.39 is 0 Å². The van der Waals surface area contributed by atoms with E-state index in [2.05, 4.69) is 31.1 Å². The predicted molar refractivity (Wildman–Crippen MR) is 87.2 cm³/mol. The van der Waals surface area contributed by atoms with Crippen LogP contribution in [-0.2, 0) is 0 Å². The number of hydrogen-bond donors (Lipinski definition) is 1. The Kier molecular flexibility index (Phi) is 4.39. The molecule has 0 bridgehead atoms. The van der Waals surface area contributed by atoms with Crippen LogP contribution in [0.4, 0.5) is 15.9 Å². The first-order valence-electron chi connectivity index (χ1n) is 7.10. The van der Waals surface area contributed by atoms with Crippen LogP contribution >= 0.6 is 15.9 Å². The van der Waals surface area contributed by atoms with Gasteiger partial charge in [-0.2, -0.15) is 0 Å². The molecule has 0 spiro atoms. The molecule has 2 aromatic rings. The largest absolute Gasteiger partial charge is 0.382 e. The van der Waals surface area contributed by atoms with Crippen molar-refractivity contribution in [3.8, 4) is 0 Å². The topological polar surface area (TPSA) is 28.2 Å². The summed E-state index contributed by atoms with van der Waals surface area (Å²) >= 11 is 3.22. The minimum atomic E-state index is -0.231. The lowest BCUT2D eigenvalue weighted by Gasteiger charge is -2.33. The van der Waals surface area contributed by atoms with Gasteiger partial charge in [-0.15, -0.1) is 0 Å². The summed E-state index contributed by atoms with van der Waals surface area (Å²) < 4.78 is 13.7. The van der Waals surface area contributed by atoms with Crippen molar-refractivity contribution in [2.45, 2.75) is 18.9 Å². The second-order valence-electron chi connectivity index (χ2n) is 5.22. The molecule has 1 N–H and O–H groups in total. The molecular formula is C16H17BrFN3. The van der Waals surface area contributed by atoms with Gasteiger partial charge in [0, 0.05) is 31.0 Å². The third-order valence-electron chi connectivity index (χ3n) is 3.76. The summed E-state index contributed by atoms with van der Waals surface area (Å²) in [4.78, 5) is 6.69. The van der Waals surface area contributed by atoms with Crippen molar-refractivity contribution in [1.82, 2.24) is 4.98 Å². The SMILES string of the molecule is Fc1ccc(NC2CCN(c3ccccn3)CC2)cc1Br. The first-order valence-corrected chi connectivity index (χ1v) is 7.89. The zero-order valence-corrected chi connectivity index (χ0v) is 13.2. The fourth-order valence-electron chi connectivity index (χ4n) is 2.62. The molecule has 21 heavy (non-hydrogen) atoms. The number of benzene rings is 1. The number of piperidine rings is 1. The van der Waals surface area contributed by atoms with Crippen LogP contribution in [0, 0.1) is 5.82 Å². The van der Waals surface area contributed by atoms with E-state index in [9.17, 15) is 4.39 Å². The fraction of sp³-hybridized carbons (Fsp3) is 0.312. The maximum atomic E-state index is 13.2. The van der Waals surface area contributed by atoms with E-state index in [1.165, 1.54) is 6.07 Å². The van der Waals surface area contributed by atoms with E-state index >= 15 is 0 Å². The highest BCUT2D eigenvalue weighted by Gasteiger charge is 2.19. The lowest BCUT2D eigenvalue weighted by atomic mass is 10.0. The smallest absolute Gasteiger partial charge is 0.137 e. The summed E-state index contributed by atoms with van der Waals surface area (Å²) in [5, 5.41) is 3.48. The van der Waals surface area contributed by atoms with Crippen LogP contribution in [-0.4, -0.2) is 24.1 Å². The van der Waals surface area contributed by atoms with Crippen LogP contribution in [0.3, 0.4) is 0 Å². The third kappa shape index (κ3) is 3.53. The summed E-state index contributed by atoms with van der Waals surface area (Å²) in [6.45, 7) is 1.97. The standard InChI is InChI=1S/C16H17BrFN3/c17-14-11-13(4-5-15(14)18)20-12-6-9-21(10-7-12)16-3-1-2-8-19-16/h1-5,8,11-12,20H,6-7,9-10H2. The number of aromatic nitrogens is 1. The van der Waals surface area contributed by atoms with Crippen LogP contribution in [0.15, 0.2) is 47.1 Å². The highest BCUT2D eigenvalue weighted by atomic mass is 79.9. The fourth-order valence-corrected chi connectivity index (χ4v) is 2.99. The van der Waals surface area contributed by atoms with Crippen LogP contribution in [0.2, 0.25) is 0 Å². The molecule has 0 saturated carbocycles. The van der Waals surface area contributed by atoms with Crippen LogP contribution < -0.4 is 10.2 Å². The van der Waals surface area contributed by atoms with E-state index in [1.807, 2.05) is 24.4 Å². The van der Waals surface area contributed by atoms with Crippen molar-refractivity contribution in [1.29, 1.82) is 0 Å². The summed E-state index contributed by atoms with van der Waals surface area (Å²) in [5.74, 6) is 0.811. The summed E-state index contributed by atoms with van der Waals surface area (Å²) in [6.07, 6.45) is 3.92. The Labute approximate surface area is 132 Å². The Hall–Kier alpha value is -1.62. The van der Waals surface area contributed by atoms with Gasteiger partial charge < -0.3 is 10.2 Å². The average molecular weight is 350 g/mol. The molecule has 0 radical (unpaired) electrons.